The summed E-state index contributed by atoms with van der Waals surface area (Å²) in [6.07, 6.45) is 1.07. The Labute approximate surface area is 104 Å². The van der Waals surface area contributed by atoms with Gasteiger partial charge in [-0.2, -0.15) is 0 Å². The minimum Gasteiger partial charge on any atom is -0.380 e. The zero-order chi connectivity index (χ0) is 12.1. The monoisotopic (exact) mass is 234 g/mol. The van der Waals surface area contributed by atoms with Crippen LogP contribution < -0.4 is 10.6 Å². The van der Waals surface area contributed by atoms with Crippen LogP contribution in [0.4, 0.5) is 5.69 Å². The lowest BCUT2D eigenvalue weighted by Crippen LogP contribution is -2.26. The summed E-state index contributed by atoms with van der Waals surface area (Å²) < 4.78 is 5.44. The maximum atomic E-state index is 5.69. The van der Waals surface area contributed by atoms with E-state index in [1.165, 1.54) is 11.3 Å². The number of anilines is 1. The number of nitrogens with two attached hydrogens (primary N) is 1. The van der Waals surface area contributed by atoms with Crippen LogP contribution in [0, 0.1) is 0 Å². The van der Waals surface area contributed by atoms with Crippen molar-refractivity contribution in [2.24, 2.45) is 5.73 Å². The van der Waals surface area contributed by atoms with E-state index in [0.29, 0.717) is 5.92 Å². The van der Waals surface area contributed by atoms with Gasteiger partial charge in [0.25, 0.3) is 0 Å². The normalized spacial score (nSPS) is 18.5. The van der Waals surface area contributed by atoms with Gasteiger partial charge in [-0.25, -0.2) is 0 Å². The van der Waals surface area contributed by atoms with Crippen molar-refractivity contribution in [2.45, 2.75) is 19.3 Å². The van der Waals surface area contributed by atoms with Crippen molar-refractivity contribution in [2.75, 3.05) is 37.7 Å². The first-order valence-electron chi connectivity index (χ1n) is 6.48. The highest BCUT2D eigenvalue weighted by atomic mass is 16.5. The number of hydrogen-bond acceptors (Lipinski definition) is 3. The molecule has 0 saturated heterocycles. The van der Waals surface area contributed by atoms with Crippen LogP contribution in [0.3, 0.4) is 0 Å². The van der Waals surface area contributed by atoms with Gasteiger partial charge in [0.1, 0.15) is 0 Å². The van der Waals surface area contributed by atoms with Gasteiger partial charge in [-0.15, -0.1) is 0 Å². The van der Waals surface area contributed by atoms with E-state index in [9.17, 15) is 0 Å². The molecule has 1 heterocycles. The molecule has 3 heteroatoms. The summed E-state index contributed by atoms with van der Waals surface area (Å²) in [4.78, 5) is 2.42. The fourth-order valence-corrected chi connectivity index (χ4v) is 2.56. The van der Waals surface area contributed by atoms with Crippen LogP contribution in [-0.4, -0.2) is 32.8 Å². The summed E-state index contributed by atoms with van der Waals surface area (Å²) in [5, 5.41) is 0. The molecule has 0 saturated carbocycles. The van der Waals surface area contributed by atoms with Crippen molar-refractivity contribution < 1.29 is 4.74 Å². The number of nitrogens with zero attached hydrogens (tertiary/aromatic N) is 1. The van der Waals surface area contributed by atoms with Gasteiger partial charge in [0.05, 0.1) is 6.61 Å². The van der Waals surface area contributed by atoms with Gasteiger partial charge < -0.3 is 15.4 Å². The molecule has 1 aliphatic rings. The molecule has 1 aliphatic heterocycles. The standard InChI is InChI=1S/C14H22N2O/c1-2-17-10-9-16-11-12(7-8-15)13-5-3-4-6-14(13)16/h3-6,12H,2,7-11,15H2,1H3. The Hall–Kier alpha value is -1.06. The molecule has 2 rings (SSSR count). The van der Waals surface area contributed by atoms with Crippen molar-refractivity contribution in [3.63, 3.8) is 0 Å². The third-order valence-corrected chi connectivity index (χ3v) is 3.38. The van der Waals surface area contributed by atoms with Gasteiger partial charge in [0, 0.05) is 31.3 Å². The van der Waals surface area contributed by atoms with E-state index in [1.54, 1.807) is 0 Å². The summed E-state index contributed by atoms with van der Waals surface area (Å²) in [6.45, 7) is 6.46. The fraction of sp³-hybridized carbons (Fsp3) is 0.571. The highest BCUT2D eigenvalue weighted by Gasteiger charge is 2.26. The second kappa shape index (κ2) is 6.03. The average molecular weight is 234 g/mol. The van der Waals surface area contributed by atoms with Gasteiger partial charge in [-0.1, -0.05) is 18.2 Å². The lowest BCUT2D eigenvalue weighted by molar-refractivity contribution is 0.154. The van der Waals surface area contributed by atoms with Gasteiger partial charge in [-0.3, -0.25) is 0 Å². The molecule has 94 valence electrons. The first kappa shape index (κ1) is 12.4. The van der Waals surface area contributed by atoms with Crippen LogP contribution in [0.25, 0.3) is 0 Å². The van der Waals surface area contributed by atoms with Crippen LogP contribution in [0.15, 0.2) is 24.3 Å². The summed E-state index contributed by atoms with van der Waals surface area (Å²) in [5.74, 6) is 0.595. The Morgan fingerprint density at radius 2 is 2.24 bits per heavy atom. The Kier molecular flexibility index (Phi) is 4.40. The molecular weight excluding hydrogens is 212 g/mol. The maximum absolute atomic E-state index is 5.69. The third kappa shape index (κ3) is 2.79. The van der Waals surface area contributed by atoms with E-state index in [1.807, 2.05) is 6.92 Å². The van der Waals surface area contributed by atoms with E-state index in [-0.39, 0.29) is 0 Å². The maximum Gasteiger partial charge on any atom is 0.0641 e. The molecule has 0 fully saturated rings. The second-order valence-corrected chi connectivity index (χ2v) is 4.48. The molecule has 1 atom stereocenters. The molecule has 17 heavy (non-hydrogen) atoms. The summed E-state index contributed by atoms with van der Waals surface area (Å²) in [5.41, 5.74) is 8.51. The molecule has 0 amide bonds. The van der Waals surface area contributed by atoms with Crippen molar-refractivity contribution in [3.05, 3.63) is 29.8 Å². The van der Waals surface area contributed by atoms with Gasteiger partial charge in [0.2, 0.25) is 0 Å². The van der Waals surface area contributed by atoms with Crippen LogP contribution in [0.1, 0.15) is 24.8 Å². The smallest absolute Gasteiger partial charge is 0.0641 e. The van der Waals surface area contributed by atoms with E-state index >= 15 is 0 Å². The number of hydrogen-bond donors (Lipinski definition) is 1. The van der Waals surface area contributed by atoms with Gasteiger partial charge in [0.15, 0.2) is 0 Å². The molecule has 1 aromatic rings. The van der Waals surface area contributed by atoms with Crippen molar-refractivity contribution in [1.82, 2.24) is 0 Å². The predicted octanol–water partition coefficient (Wildman–Crippen LogP) is 1.98. The molecule has 0 bridgehead atoms. The zero-order valence-corrected chi connectivity index (χ0v) is 10.6. The molecular formula is C14H22N2O. The molecule has 1 unspecified atom stereocenters. The van der Waals surface area contributed by atoms with Gasteiger partial charge >= 0.3 is 0 Å². The number of para-hydroxylation sites is 1. The first-order valence-corrected chi connectivity index (χ1v) is 6.48. The third-order valence-electron chi connectivity index (χ3n) is 3.38. The topological polar surface area (TPSA) is 38.5 Å². The second-order valence-electron chi connectivity index (χ2n) is 4.48. The summed E-state index contributed by atoms with van der Waals surface area (Å²) >= 11 is 0. The minimum absolute atomic E-state index is 0.595. The fourth-order valence-electron chi connectivity index (χ4n) is 2.56. The lowest BCUT2D eigenvalue weighted by Gasteiger charge is -2.19. The van der Waals surface area contributed by atoms with Crippen LogP contribution in [0.2, 0.25) is 0 Å². The molecule has 2 N–H and O–H groups in total. The van der Waals surface area contributed by atoms with E-state index in [4.69, 9.17) is 10.5 Å². The van der Waals surface area contributed by atoms with Crippen LogP contribution in [-0.2, 0) is 4.74 Å². The molecule has 3 nitrogen and oxygen atoms in total. The quantitative estimate of drug-likeness (QED) is 0.765. The van der Waals surface area contributed by atoms with E-state index < -0.39 is 0 Å². The van der Waals surface area contributed by atoms with Crippen molar-refractivity contribution >= 4 is 5.69 Å². The predicted molar refractivity (Wildman–Crippen MR) is 71.6 cm³/mol. The highest BCUT2D eigenvalue weighted by molar-refractivity contribution is 5.60. The van der Waals surface area contributed by atoms with Crippen molar-refractivity contribution in [3.8, 4) is 0 Å². The van der Waals surface area contributed by atoms with E-state index in [0.717, 1.165) is 39.3 Å². The SMILES string of the molecule is CCOCCN1CC(CCN)c2ccccc21. The number of fused-ring (bicyclic) bond motifs is 1. The number of ether oxygens (including phenoxy) is 1. The Bertz CT molecular complexity index is 354. The van der Waals surface area contributed by atoms with Gasteiger partial charge in [-0.05, 0) is 31.5 Å². The largest absolute Gasteiger partial charge is 0.380 e. The van der Waals surface area contributed by atoms with Crippen molar-refractivity contribution in [1.29, 1.82) is 0 Å². The molecule has 1 aromatic carbocycles. The minimum atomic E-state index is 0.595. The Balaban J connectivity index is 2.05. The van der Waals surface area contributed by atoms with E-state index in [2.05, 4.69) is 29.2 Å². The first-order chi connectivity index (χ1) is 8.36. The molecule has 0 radical (unpaired) electrons. The Morgan fingerprint density at radius 3 is 3.00 bits per heavy atom. The van der Waals surface area contributed by atoms with Crippen LogP contribution >= 0.6 is 0 Å². The zero-order valence-electron chi connectivity index (χ0n) is 10.6. The molecule has 0 aromatic heterocycles. The number of benzene rings is 1. The lowest BCUT2D eigenvalue weighted by atomic mass is 9.98. The summed E-state index contributed by atoms with van der Waals surface area (Å²) in [7, 11) is 0. The molecule has 0 aliphatic carbocycles. The average Bonchev–Trinajstić information content (AvgIpc) is 2.70. The number of rotatable bonds is 6. The highest BCUT2D eigenvalue weighted by Crippen LogP contribution is 2.37. The van der Waals surface area contributed by atoms with Crippen LogP contribution in [0.5, 0.6) is 0 Å². The Morgan fingerprint density at radius 1 is 1.41 bits per heavy atom. The molecule has 0 spiro atoms. The summed E-state index contributed by atoms with van der Waals surface area (Å²) in [6, 6.07) is 8.67.